The van der Waals surface area contributed by atoms with E-state index in [2.05, 4.69) is 15.6 Å². The van der Waals surface area contributed by atoms with E-state index in [0.29, 0.717) is 24.7 Å². The highest BCUT2D eigenvalue weighted by Gasteiger charge is 2.16. The van der Waals surface area contributed by atoms with Crippen molar-refractivity contribution in [1.82, 2.24) is 10.6 Å². The van der Waals surface area contributed by atoms with Gasteiger partial charge in [0, 0.05) is 40.3 Å². The Hall–Kier alpha value is -1.82. The molecule has 0 radical (unpaired) electrons. The molecule has 0 aliphatic rings. The van der Waals surface area contributed by atoms with E-state index in [-0.39, 0.29) is 11.4 Å². The molecule has 1 aromatic carbocycles. The third kappa shape index (κ3) is 6.00. The molecule has 0 aliphatic heterocycles. The van der Waals surface area contributed by atoms with Crippen LogP contribution in [0, 0.1) is 5.82 Å². The second-order valence-electron chi connectivity index (χ2n) is 6.20. The summed E-state index contributed by atoms with van der Waals surface area (Å²) in [6.45, 7) is 10.7. The van der Waals surface area contributed by atoms with Crippen LogP contribution in [-0.4, -0.2) is 45.4 Å². The first-order valence-corrected chi connectivity index (χ1v) is 8.39. The molecule has 0 aromatic heterocycles. The molecule has 24 heavy (non-hydrogen) atoms. The molecule has 6 heteroatoms. The second-order valence-corrected chi connectivity index (χ2v) is 6.20. The van der Waals surface area contributed by atoms with Crippen LogP contribution < -0.4 is 15.5 Å². The zero-order chi connectivity index (χ0) is 18.2. The van der Waals surface area contributed by atoms with Crippen LogP contribution in [0.4, 0.5) is 10.1 Å². The van der Waals surface area contributed by atoms with E-state index in [9.17, 15) is 4.39 Å². The molecular weight excluding hydrogens is 307 g/mol. The van der Waals surface area contributed by atoms with Gasteiger partial charge in [-0.25, -0.2) is 4.39 Å². The fourth-order valence-electron chi connectivity index (χ4n) is 2.26. The Morgan fingerprint density at radius 3 is 2.42 bits per heavy atom. The Kier molecular flexibility index (Phi) is 7.98. The Bertz CT molecular complexity index is 542. The van der Waals surface area contributed by atoms with Crippen LogP contribution >= 0.6 is 0 Å². The molecule has 2 N–H and O–H groups in total. The van der Waals surface area contributed by atoms with Crippen LogP contribution in [0.5, 0.6) is 0 Å². The molecule has 0 amide bonds. The van der Waals surface area contributed by atoms with Crippen molar-refractivity contribution in [3.63, 3.8) is 0 Å². The molecule has 0 spiro atoms. The van der Waals surface area contributed by atoms with Crippen molar-refractivity contribution in [2.45, 2.75) is 39.8 Å². The van der Waals surface area contributed by atoms with Crippen LogP contribution in [0.3, 0.4) is 0 Å². The molecule has 5 nitrogen and oxygen atoms in total. The summed E-state index contributed by atoms with van der Waals surface area (Å²) >= 11 is 0. The lowest BCUT2D eigenvalue weighted by atomic mass is 10.1. The summed E-state index contributed by atoms with van der Waals surface area (Å²) in [6, 6.07) is 5.35. The number of methoxy groups -OCH3 is 1. The molecule has 1 aromatic rings. The fraction of sp³-hybridized carbons (Fsp3) is 0.611. The summed E-state index contributed by atoms with van der Waals surface area (Å²) in [5, 5.41) is 6.39. The Balaban J connectivity index is 2.65. The van der Waals surface area contributed by atoms with Crippen molar-refractivity contribution in [3.8, 4) is 0 Å². The van der Waals surface area contributed by atoms with Crippen molar-refractivity contribution < 1.29 is 9.13 Å². The SMILES string of the molecule is CCN(CC)c1ccc(CNC(=NC)NCC(C)(C)OC)cc1F. The minimum atomic E-state index is -0.283. The van der Waals surface area contributed by atoms with Crippen molar-refractivity contribution in [2.24, 2.45) is 4.99 Å². The van der Waals surface area contributed by atoms with Crippen LogP contribution in [0.25, 0.3) is 0 Å². The van der Waals surface area contributed by atoms with E-state index in [1.807, 2.05) is 44.7 Å². The van der Waals surface area contributed by atoms with Gasteiger partial charge in [-0.3, -0.25) is 4.99 Å². The minimum Gasteiger partial charge on any atom is -0.377 e. The topological polar surface area (TPSA) is 48.9 Å². The number of hydrogen-bond acceptors (Lipinski definition) is 3. The van der Waals surface area contributed by atoms with E-state index in [0.717, 1.165) is 18.7 Å². The van der Waals surface area contributed by atoms with Crippen molar-refractivity contribution in [1.29, 1.82) is 0 Å². The monoisotopic (exact) mass is 338 g/mol. The molecule has 0 aliphatic carbocycles. The number of nitrogens with one attached hydrogen (secondary N) is 2. The van der Waals surface area contributed by atoms with Crippen molar-refractivity contribution in [3.05, 3.63) is 29.6 Å². The second kappa shape index (κ2) is 9.47. The number of nitrogens with zero attached hydrogens (tertiary/aromatic N) is 2. The highest BCUT2D eigenvalue weighted by atomic mass is 19.1. The first-order chi connectivity index (χ1) is 11.4. The lowest BCUT2D eigenvalue weighted by Gasteiger charge is -2.24. The first kappa shape index (κ1) is 20.2. The maximum atomic E-state index is 14.3. The largest absolute Gasteiger partial charge is 0.377 e. The van der Waals surface area contributed by atoms with E-state index in [4.69, 9.17) is 4.74 Å². The molecule has 0 saturated carbocycles. The maximum absolute atomic E-state index is 14.3. The Labute approximate surface area is 145 Å². The van der Waals surface area contributed by atoms with Crippen LogP contribution in [0.15, 0.2) is 23.2 Å². The predicted octanol–water partition coefficient (Wildman–Crippen LogP) is 2.76. The van der Waals surface area contributed by atoms with Gasteiger partial charge in [-0.2, -0.15) is 0 Å². The Morgan fingerprint density at radius 2 is 1.92 bits per heavy atom. The number of anilines is 1. The van der Waals surface area contributed by atoms with Crippen LogP contribution in [0.2, 0.25) is 0 Å². The van der Waals surface area contributed by atoms with Crippen LogP contribution in [0.1, 0.15) is 33.3 Å². The zero-order valence-corrected chi connectivity index (χ0v) is 15.7. The highest BCUT2D eigenvalue weighted by Crippen LogP contribution is 2.20. The van der Waals surface area contributed by atoms with Crippen LogP contribution in [-0.2, 0) is 11.3 Å². The summed E-state index contributed by atoms with van der Waals surface area (Å²) < 4.78 is 19.7. The predicted molar refractivity (Wildman–Crippen MR) is 99.3 cm³/mol. The number of guanidine groups is 1. The molecule has 0 bridgehead atoms. The standard InChI is InChI=1S/C18H31FN4O/c1-7-23(8-2)16-10-9-14(11-15(16)19)12-21-17(20-5)22-13-18(3,4)24-6/h9-11H,7-8,12-13H2,1-6H3,(H2,20,21,22). The number of ether oxygens (including phenoxy) is 1. The van der Waals surface area contributed by atoms with Gasteiger partial charge in [0.05, 0.1) is 11.3 Å². The molecule has 0 heterocycles. The van der Waals surface area contributed by atoms with E-state index in [1.165, 1.54) is 0 Å². The molecule has 0 saturated heterocycles. The van der Waals surface area contributed by atoms with Gasteiger partial charge in [-0.15, -0.1) is 0 Å². The van der Waals surface area contributed by atoms with Crippen molar-refractivity contribution in [2.75, 3.05) is 38.7 Å². The highest BCUT2D eigenvalue weighted by molar-refractivity contribution is 5.79. The summed E-state index contributed by atoms with van der Waals surface area (Å²) in [6.07, 6.45) is 0. The van der Waals surface area contributed by atoms with Gasteiger partial charge in [0.15, 0.2) is 5.96 Å². The average Bonchev–Trinajstić information content (AvgIpc) is 2.57. The van der Waals surface area contributed by atoms with Gasteiger partial charge >= 0.3 is 0 Å². The number of aliphatic imine (C=N–C) groups is 1. The number of hydrogen-bond donors (Lipinski definition) is 2. The maximum Gasteiger partial charge on any atom is 0.191 e. The van der Waals surface area contributed by atoms with Gasteiger partial charge in [0.2, 0.25) is 0 Å². The minimum absolute atomic E-state index is 0.193. The summed E-state index contributed by atoms with van der Waals surface area (Å²) in [4.78, 5) is 6.17. The molecule has 0 fully saturated rings. The summed E-state index contributed by atoms with van der Waals surface area (Å²) in [5.41, 5.74) is 1.24. The number of rotatable bonds is 8. The molecule has 1 rings (SSSR count). The normalized spacial score (nSPS) is 12.2. The fourth-order valence-corrected chi connectivity index (χ4v) is 2.26. The summed E-state index contributed by atoms with van der Waals surface area (Å²) in [7, 11) is 3.39. The average molecular weight is 338 g/mol. The quantitative estimate of drug-likeness (QED) is 0.565. The third-order valence-corrected chi connectivity index (χ3v) is 4.03. The number of halogens is 1. The molecule has 136 valence electrons. The Morgan fingerprint density at radius 1 is 1.25 bits per heavy atom. The third-order valence-electron chi connectivity index (χ3n) is 4.03. The molecular formula is C18H31FN4O. The van der Waals surface area contributed by atoms with Gasteiger partial charge < -0.3 is 20.3 Å². The smallest absolute Gasteiger partial charge is 0.191 e. The lowest BCUT2D eigenvalue weighted by Crippen LogP contribution is -2.45. The lowest BCUT2D eigenvalue weighted by molar-refractivity contribution is 0.0268. The van der Waals surface area contributed by atoms with Gasteiger partial charge in [0.25, 0.3) is 0 Å². The number of benzene rings is 1. The zero-order valence-electron chi connectivity index (χ0n) is 15.7. The van der Waals surface area contributed by atoms with Gasteiger partial charge in [-0.1, -0.05) is 6.07 Å². The molecule has 0 atom stereocenters. The van der Waals surface area contributed by atoms with E-state index in [1.54, 1.807) is 20.2 Å². The van der Waals surface area contributed by atoms with Crippen molar-refractivity contribution >= 4 is 11.6 Å². The molecule has 0 unspecified atom stereocenters. The van der Waals surface area contributed by atoms with E-state index >= 15 is 0 Å². The van der Waals surface area contributed by atoms with E-state index < -0.39 is 0 Å². The summed E-state index contributed by atoms with van der Waals surface area (Å²) in [5.74, 6) is 0.467. The first-order valence-electron chi connectivity index (χ1n) is 8.39. The van der Waals surface area contributed by atoms with Gasteiger partial charge in [-0.05, 0) is 45.4 Å². The van der Waals surface area contributed by atoms with Gasteiger partial charge in [0.1, 0.15) is 5.82 Å².